The summed E-state index contributed by atoms with van der Waals surface area (Å²) in [5.74, 6) is -4.14. The number of carboxylic acids is 1. The number of aliphatic hydroxyl groups excluding tert-OH is 2. The third kappa shape index (κ3) is 7.28. The van der Waals surface area contributed by atoms with Crippen LogP contribution in [0.25, 0.3) is 44.5 Å². The van der Waals surface area contributed by atoms with Gasteiger partial charge < -0.3 is 30.3 Å². The first-order chi connectivity index (χ1) is 29.8. The summed E-state index contributed by atoms with van der Waals surface area (Å²) in [4.78, 5) is 23.7. The van der Waals surface area contributed by atoms with Crippen LogP contribution in [0.15, 0.2) is 97.6 Å². The Morgan fingerprint density at radius 3 is 1.52 bits per heavy atom. The normalized spacial score (nSPS) is 17.8. The zero-order chi connectivity index (χ0) is 46.9. The lowest BCUT2D eigenvalue weighted by atomic mass is 9.89. The summed E-state index contributed by atoms with van der Waals surface area (Å²) in [5, 5.41) is 58.0. The third-order valence-electron chi connectivity index (χ3n) is 10.9. The van der Waals surface area contributed by atoms with Gasteiger partial charge in [-0.3, -0.25) is 9.48 Å². The zero-order valence-corrected chi connectivity index (χ0v) is 33.6. The van der Waals surface area contributed by atoms with Gasteiger partial charge in [0.15, 0.2) is 0 Å². The number of ether oxygens (including phenoxy) is 1. The lowest BCUT2D eigenvalue weighted by Gasteiger charge is -2.28. The molecule has 0 amide bonds. The standard InChI is InChI=1S/C23H20F4N2O3.C21H16F4N2O5/c1-21(2,3)32-19(30)12-29-11-13(10-28-29)16-8-14(24)9-18-20(16)15-6-4-5-7-17(15)22(18,31)23(25,26)27;22-12-5-14(11-7-26-27(8-11)19(9-28,10-29)18(30)31)17-13-3-1-2-4-15(13)20(32,16(17)6-12)21(23,24)25/h4-11,31H,12H2,1-3H3;1-8,28-29,32H,9-10H2,(H,30,31). The van der Waals surface area contributed by atoms with Crippen LogP contribution in [0.3, 0.4) is 0 Å². The molecule has 2 aliphatic carbocycles. The Balaban J connectivity index is 0.000000191. The summed E-state index contributed by atoms with van der Waals surface area (Å²) >= 11 is 0. The number of rotatable bonds is 8. The number of aliphatic carboxylic acids is 1. The highest BCUT2D eigenvalue weighted by Crippen LogP contribution is 2.59. The molecule has 0 bridgehead atoms. The van der Waals surface area contributed by atoms with Crippen molar-refractivity contribution >= 4 is 11.9 Å². The Hall–Kier alpha value is -6.48. The van der Waals surface area contributed by atoms with Gasteiger partial charge in [-0.25, -0.2) is 18.3 Å². The van der Waals surface area contributed by atoms with Crippen LogP contribution in [-0.4, -0.2) is 88.2 Å². The number of alkyl halides is 6. The van der Waals surface area contributed by atoms with Gasteiger partial charge in [0.2, 0.25) is 16.7 Å². The van der Waals surface area contributed by atoms with Crippen molar-refractivity contribution < 1.29 is 75.0 Å². The second kappa shape index (κ2) is 15.6. The van der Waals surface area contributed by atoms with Crippen molar-refractivity contribution in [3.8, 4) is 44.5 Å². The monoisotopic (exact) mass is 900 g/mol. The fraction of sp³-hybridized carbons (Fsp3) is 0.273. The smallest absolute Gasteiger partial charge is 0.425 e. The Morgan fingerprint density at radius 1 is 0.656 bits per heavy atom. The molecule has 0 fully saturated rings. The van der Waals surface area contributed by atoms with E-state index in [1.54, 1.807) is 26.8 Å². The second-order valence-electron chi connectivity index (χ2n) is 16.1. The molecule has 336 valence electrons. The molecule has 2 aliphatic rings. The average molecular weight is 901 g/mol. The number of carbonyl (C=O) groups is 2. The maximum atomic E-state index is 14.5. The van der Waals surface area contributed by atoms with Crippen LogP contribution in [0, 0.1) is 11.6 Å². The summed E-state index contributed by atoms with van der Waals surface area (Å²) in [6.07, 6.45) is -5.33. The van der Waals surface area contributed by atoms with Gasteiger partial charge in [0, 0.05) is 45.8 Å². The molecule has 6 aromatic rings. The van der Waals surface area contributed by atoms with E-state index in [9.17, 15) is 70.2 Å². The molecule has 2 heterocycles. The van der Waals surface area contributed by atoms with E-state index in [2.05, 4.69) is 10.2 Å². The Kier molecular flexibility index (Phi) is 11.1. The second-order valence-corrected chi connectivity index (χ2v) is 16.1. The molecule has 20 heteroatoms. The predicted octanol–water partition coefficient (Wildman–Crippen LogP) is 7.04. The van der Waals surface area contributed by atoms with E-state index in [-0.39, 0.29) is 51.1 Å². The van der Waals surface area contributed by atoms with Crippen LogP contribution < -0.4 is 0 Å². The minimum Gasteiger partial charge on any atom is -0.479 e. The Morgan fingerprint density at radius 2 is 1.09 bits per heavy atom. The molecule has 8 rings (SSSR count). The SMILES string of the molecule is CC(C)(C)OC(=O)Cn1cc(-c2cc(F)cc3c2-c2ccccc2C3(O)C(F)(F)F)cn1.O=C(O)C(CO)(CO)n1cc(-c2cc(F)cc3c2-c2ccccc2C3(O)C(F)(F)F)cn1. The van der Waals surface area contributed by atoms with Crippen LogP contribution in [0.1, 0.15) is 43.0 Å². The van der Waals surface area contributed by atoms with Gasteiger partial charge >= 0.3 is 24.3 Å². The zero-order valence-electron chi connectivity index (χ0n) is 33.6. The molecule has 12 nitrogen and oxygen atoms in total. The predicted molar refractivity (Wildman–Crippen MR) is 210 cm³/mol. The quantitative estimate of drug-likeness (QED) is 0.0786. The highest BCUT2D eigenvalue weighted by atomic mass is 19.4. The molecule has 0 spiro atoms. The fourth-order valence-electron chi connectivity index (χ4n) is 7.97. The van der Waals surface area contributed by atoms with E-state index in [4.69, 9.17) is 4.74 Å². The largest absolute Gasteiger partial charge is 0.479 e. The lowest BCUT2D eigenvalue weighted by Crippen LogP contribution is -2.48. The minimum absolute atomic E-state index is 0.0227. The van der Waals surface area contributed by atoms with Crippen molar-refractivity contribution in [2.24, 2.45) is 0 Å². The molecule has 2 atom stereocenters. The number of aromatic nitrogens is 4. The first kappa shape index (κ1) is 45.5. The number of fused-ring (bicyclic) bond motifs is 6. The number of esters is 1. The molecular weight excluding hydrogens is 864 g/mol. The molecule has 64 heavy (non-hydrogen) atoms. The number of carboxylic acid groups (broad SMARTS) is 1. The van der Waals surface area contributed by atoms with Crippen LogP contribution in [-0.2, 0) is 37.6 Å². The fourth-order valence-corrected chi connectivity index (χ4v) is 7.97. The molecule has 2 unspecified atom stereocenters. The number of hydrogen-bond donors (Lipinski definition) is 5. The van der Waals surface area contributed by atoms with E-state index in [0.717, 1.165) is 35.3 Å². The van der Waals surface area contributed by atoms with Gasteiger partial charge in [-0.2, -0.15) is 36.5 Å². The van der Waals surface area contributed by atoms with E-state index < -0.39 is 88.2 Å². The van der Waals surface area contributed by atoms with Crippen molar-refractivity contribution in [2.75, 3.05) is 13.2 Å². The van der Waals surface area contributed by atoms with E-state index in [0.29, 0.717) is 17.7 Å². The van der Waals surface area contributed by atoms with Crippen molar-refractivity contribution in [3.63, 3.8) is 0 Å². The number of hydrogen-bond acceptors (Lipinski definition) is 9. The Labute approximate surface area is 357 Å². The van der Waals surface area contributed by atoms with Gasteiger partial charge in [0.05, 0.1) is 25.6 Å². The summed E-state index contributed by atoms with van der Waals surface area (Å²) < 4.78 is 120. The maximum Gasteiger partial charge on any atom is 0.425 e. The van der Waals surface area contributed by atoms with Gasteiger partial charge in [-0.1, -0.05) is 48.5 Å². The molecule has 0 saturated carbocycles. The number of carbonyl (C=O) groups excluding carboxylic acids is 1. The highest BCUT2D eigenvalue weighted by molar-refractivity contribution is 5.93. The molecule has 5 N–H and O–H groups in total. The van der Waals surface area contributed by atoms with Gasteiger partial charge in [-0.15, -0.1) is 0 Å². The summed E-state index contributed by atoms with van der Waals surface area (Å²) in [5.41, 5.74) is -11.3. The molecule has 2 aromatic heterocycles. The Bertz CT molecular complexity index is 2810. The summed E-state index contributed by atoms with van der Waals surface area (Å²) in [6, 6.07) is 14.1. The molecule has 0 radical (unpaired) electrons. The van der Waals surface area contributed by atoms with Gasteiger partial charge in [0.1, 0.15) is 23.8 Å². The minimum atomic E-state index is -5.16. The van der Waals surface area contributed by atoms with Crippen LogP contribution in [0.2, 0.25) is 0 Å². The van der Waals surface area contributed by atoms with Gasteiger partial charge in [-0.05, 0) is 78.4 Å². The maximum absolute atomic E-state index is 14.5. The highest BCUT2D eigenvalue weighted by Gasteiger charge is 2.62. The number of nitrogens with zero attached hydrogens (tertiary/aromatic N) is 4. The van der Waals surface area contributed by atoms with E-state index in [1.807, 2.05) is 0 Å². The van der Waals surface area contributed by atoms with Crippen LogP contribution in [0.4, 0.5) is 35.1 Å². The molecule has 0 saturated heterocycles. The number of aliphatic hydroxyl groups is 4. The first-order valence-electron chi connectivity index (χ1n) is 19.0. The lowest BCUT2D eigenvalue weighted by molar-refractivity contribution is -0.247. The average Bonchev–Trinajstić information content (AvgIpc) is 3.99. The molecular formula is C44H36F8N4O8. The van der Waals surface area contributed by atoms with Crippen molar-refractivity contribution in [1.29, 1.82) is 0 Å². The number of halogens is 8. The van der Waals surface area contributed by atoms with Crippen molar-refractivity contribution in [1.82, 2.24) is 19.6 Å². The summed E-state index contributed by atoms with van der Waals surface area (Å²) in [7, 11) is 0. The van der Waals surface area contributed by atoms with Crippen LogP contribution in [0.5, 0.6) is 0 Å². The van der Waals surface area contributed by atoms with Crippen molar-refractivity contribution in [2.45, 2.75) is 62.0 Å². The van der Waals surface area contributed by atoms with Crippen LogP contribution >= 0.6 is 0 Å². The molecule has 4 aromatic carbocycles. The van der Waals surface area contributed by atoms with E-state index >= 15 is 0 Å². The third-order valence-corrected chi connectivity index (χ3v) is 10.9. The van der Waals surface area contributed by atoms with E-state index in [1.165, 1.54) is 53.5 Å². The topological polar surface area (TPSA) is 180 Å². The first-order valence-corrected chi connectivity index (χ1v) is 19.0. The van der Waals surface area contributed by atoms with Crippen molar-refractivity contribution in [3.05, 3.63) is 131 Å². The number of benzene rings is 4. The molecule has 0 aliphatic heterocycles. The summed E-state index contributed by atoms with van der Waals surface area (Å²) in [6.45, 7) is 2.87. The van der Waals surface area contributed by atoms with Gasteiger partial charge in [0.25, 0.3) is 0 Å².